The van der Waals surface area contributed by atoms with Crippen molar-refractivity contribution in [2.24, 2.45) is 0 Å². The summed E-state index contributed by atoms with van der Waals surface area (Å²) in [5.41, 5.74) is 2.11. The number of aromatic nitrogens is 3. The van der Waals surface area contributed by atoms with Crippen molar-refractivity contribution in [1.82, 2.24) is 20.1 Å². The average Bonchev–Trinajstić information content (AvgIpc) is 2.93. The molecule has 2 aromatic rings. The Hall–Kier alpha value is -1.95. The van der Waals surface area contributed by atoms with Crippen LogP contribution in [0.2, 0.25) is 0 Å². The topological polar surface area (TPSA) is 58.3 Å². The smallest absolute Gasteiger partial charge is 0.181 e. The first-order chi connectivity index (χ1) is 11.8. The minimum absolute atomic E-state index is 0.0367. The van der Waals surface area contributed by atoms with Crippen LogP contribution in [0.15, 0.2) is 22.9 Å². The fraction of sp³-hybridized carbons (Fsp3) is 0.632. The second-order valence-corrected chi connectivity index (χ2v) is 8.32. The third-order valence-electron chi connectivity index (χ3n) is 4.82. The van der Waals surface area contributed by atoms with E-state index in [0.717, 1.165) is 42.6 Å². The van der Waals surface area contributed by atoms with E-state index < -0.39 is 0 Å². The fourth-order valence-corrected chi connectivity index (χ4v) is 3.05. The van der Waals surface area contributed by atoms with Crippen molar-refractivity contribution in [1.29, 1.82) is 0 Å². The molecule has 0 unspecified atom stereocenters. The number of nitrogens with zero attached hydrogens (tertiary/aromatic N) is 5. The summed E-state index contributed by atoms with van der Waals surface area (Å²) in [7, 11) is 2.15. The van der Waals surface area contributed by atoms with Crippen LogP contribution in [0.1, 0.15) is 57.7 Å². The van der Waals surface area contributed by atoms with Crippen LogP contribution in [-0.2, 0) is 12.0 Å². The summed E-state index contributed by atoms with van der Waals surface area (Å²) >= 11 is 0. The van der Waals surface area contributed by atoms with Crippen molar-refractivity contribution < 1.29 is 4.42 Å². The highest BCUT2D eigenvalue weighted by atomic mass is 16.3. The molecular weight excluding hydrogens is 314 g/mol. The van der Waals surface area contributed by atoms with Gasteiger partial charge in [-0.05, 0) is 19.2 Å². The van der Waals surface area contributed by atoms with E-state index in [-0.39, 0.29) is 5.41 Å². The number of likely N-dealkylation sites (N-methyl/N-ethyl adjacent to an activating group) is 1. The third kappa shape index (κ3) is 3.84. The molecule has 0 amide bonds. The van der Waals surface area contributed by atoms with E-state index in [1.807, 2.05) is 0 Å². The Kier molecular flexibility index (Phi) is 4.82. The van der Waals surface area contributed by atoms with Crippen LogP contribution in [0.3, 0.4) is 0 Å². The van der Waals surface area contributed by atoms with Gasteiger partial charge in [-0.3, -0.25) is 4.90 Å². The minimum Gasteiger partial charge on any atom is -0.448 e. The van der Waals surface area contributed by atoms with E-state index in [0.29, 0.717) is 12.0 Å². The van der Waals surface area contributed by atoms with Crippen LogP contribution < -0.4 is 4.90 Å². The summed E-state index contributed by atoms with van der Waals surface area (Å²) < 4.78 is 5.52. The maximum absolute atomic E-state index is 5.52. The molecule has 1 fully saturated rings. The monoisotopic (exact) mass is 343 g/mol. The van der Waals surface area contributed by atoms with E-state index >= 15 is 0 Å². The lowest BCUT2D eigenvalue weighted by Crippen LogP contribution is -2.58. The molecule has 136 valence electrons. The molecule has 6 heteroatoms. The Morgan fingerprint density at radius 2 is 1.96 bits per heavy atom. The van der Waals surface area contributed by atoms with Gasteiger partial charge in [0, 0.05) is 37.0 Å². The quantitative estimate of drug-likeness (QED) is 0.831. The highest BCUT2D eigenvalue weighted by molar-refractivity contribution is 5.42. The van der Waals surface area contributed by atoms with E-state index in [2.05, 4.69) is 78.8 Å². The molecule has 3 rings (SSSR count). The largest absolute Gasteiger partial charge is 0.448 e. The van der Waals surface area contributed by atoms with E-state index in [4.69, 9.17) is 4.42 Å². The predicted octanol–water partition coefficient (Wildman–Crippen LogP) is 3.21. The number of oxazole rings is 1. The Morgan fingerprint density at radius 3 is 2.52 bits per heavy atom. The molecule has 6 nitrogen and oxygen atoms in total. The zero-order valence-corrected chi connectivity index (χ0v) is 16.2. The van der Waals surface area contributed by atoms with Crippen molar-refractivity contribution in [3.05, 3.63) is 35.7 Å². The van der Waals surface area contributed by atoms with Crippen LogP contribution in [0.4, 0.5) is 5.82 Å². The Labute approximate surface area is 150 Å². The molecule has 0 aliphatic carbocycles. The summed E-state index contributed by atoms with van der Waals surface area (Å²) in [5, 5.41) is 8.79. The highest BCUT2D eigenvalue weighted by Gasteiger charge is 2.32. The van der Waals surface area contributed by atoms with E-state index in [9.17, 15) is 0 Å². The molecule has 0 bridgehead atoms. The Morgan fingerprint density at radius 1 is 1.24 bits per heavy atom. The van der Waals surface area contributed by atoms with Gasteiger partial charge in [0.05, 0.1) is 11.4 Å². The molecule has 0 aromatic carbocycles. The second-order valence-electron chi connectivity index (χ2n) is 8.32. The predicted molar refractivity (Wildman–Crippen MR) is 98.8 cm³/mol. The number of rotatable bonds is 5. The molecule has 0 saturated carbocycles. The van der Waals surface area contributed by atoms with Crippen LogP contribution in [0, 0.1) is 0 Å². The van der Waals surface area contributed by atoms with Gasteiger partial charge in [0.1, 0.15) is 5.76 Å². The SMILES string of the molecule is CC(C)c1ocnc1CN(C)C1CN(c2ccc(C(C)(C)C)nn2)C1. The third-order valence-corrected chi connectivity index (χ3v) is 4.82. The van der Waals surface area contributed by atoms with Gasteiger partial charge in [-0.2, -0.15) is 5.10 Å². The first kappa shape index (κ1) is 17.9. The molecule has 2 aromatic heterocycles. The van der Waals surface area contributed by atoms with Gasteiger partial charge in [-0.15, -0.1) is 5.10 Å². The molecule has 0 atom stereocenters. The van der Waals surface area contributed by atoms with Gasteiger partial charge in [-0.25, -0.2) is 4.98 Å². The maximum Gasteiger partial charge on any atom is 0.181 e. The van der Waals surface area contributed by atoms with Gasteiger partial charge in [0.15, 0.2) is 12.2 Å². The normalized spacial score (nSPS) is 15.9. The van der Waals surface area contributed by atoms with Gasteiger partial charge in [0.25, 0.3) is 0 Å². The van der Waals surface area contributed by atoms with Crippen molar-refractivity contribution in [3.8, 4) is 0 Å². The number of hydrogen-bond donors (Lipinski definition) is 0. The van der Waals surface area contributed by atoms with Crippen molar-refractivity contribution in [3.63, 3.8) is 0 Å². The Balaban J connectivity index is 1.56. The molecule has 25 heavy (non-hydrogen) atoms. The zero-order valence-electron chi connectivity index (χ0n) is 16.2. The number of hydrogen-bond acceptors (Lipinski definition) is 6. The molecule has 0 radical (unpaired) electrons. The lowest BCUT2D eigenvalue weighted by atomic mass is 9.92. The average molecular weight is 343 g/mol. The molecule has 0 N–H and O–H groups in total. The van der Waals surface area contributed by atoms with Crippen LogP contribution >= 0.6 is 0 Å². The molecule has 1 saturated heterocycles. The van der Waals surface area contributed by atoms with E-state index in [1.165, 1.54) is 0 Å². The lowest BCUT2D eigenvalue weighted by Gasteiger charge is -2.44. The van der Waals surface area contributed by atoms with Gasteiger partial charge >= 0.3 is 0 Å². The minimum atomic E-state index is 0.0367. The standard InChI is InChI=1S/C19H29N5O/c1-13(2)18-15(20-12-25-18)11-23(6)14-9-24(10-14)17-8-7-16(21-22-17)19(3,4)5/h7-8,12-14H,9-11H2,1-6H3. The maximum atomic E-state index is 5.52. The summed E-state index contributed by atoms with van der Waals surface area (Å²) in [6.45, 7) is 13.5. The van der Waals surface area contributed by atoms with Crippen molar-refractivity contribution >= 4 is 5.82 Å². The molecular formula is C19H29N5O. The highest BCUT2D eigenvalue weighted by Crippen LogP contribution is 2.26. The summed E-state index contributed by atoms with van der Waals surface area (Å²) in [6, 6.07) is 4.67. The molecule has 1 aliphatic heterocycles. The molecule has 3 heterocycles. The van der Waals surface area contributed by atoms with Gasteiger partial charge in [-0.1, -0.05) is 34.6 Å². The van der Waals surface area contributed by atoms with Crippen molar-refractivity contribution in [2.45, 2.75) is 58.5 Å². The summed E-state index contributed by atoms with van der Waals surface area (Å²) in [5.74, 6) is 2.31. The second kappa shape index (κ2) is 6.75. The summed E-state index contributed by atoms with van der Waals surface area (Å²) in [4.78, 5) is 9.00. The molecule has 0 spiro atoms. The Bertz CT molecular complexity index is 695. The van der Waals surface area contributed by atoms with Crippen LogP contribution in [0.25, 0.3) is 0 Å². The van der Waals surface area contributed by atoms with Crippen LogP contribution in [0.5, 0.6) is 0 Å². The van der Waals surface area contributed by atoms with E-state index in [1.54, 1.807) is 6.39 Å². The fourth-order valence-electron chi connectivity index (χ4n) is 3.05. The lowest BCUT2D eigenvalue weighted by molar-refractivity contribution is 0.193. The van der Waals surface area contributed by atoms with Gasteiger partial charge < -0.3 is 9.32 Å². The number of anilines is 1. The summed E-state index contributed by atoms with van der Waals surface area (Å²) in [6.07, 6.45) is 1.55. The zero-order chi connectivity index (χ0) is 18.2. The van der Waals surface area contributed by atoms with Crippen LogP contribution in [-0.4, -0.2) is 46.3 Å². The first-order valence-corrected chi connectivity index (χ1v) is 8.97. The first-order valence-electron chi connectivity index (χ1n) is 8.97. The molecule has 1 aliphatic rings. The van der Waals surface area contributed by atoms with Crippen molar-refractivity contribution in [2.75, 3.05) is 25.0 Å². The van der Waals surface area contributed by atoms with Gasteiger partial charge in [0.2, 0.25) is 0 Å².